The minimum atomic E-state index is 0.129. The molecule has 1 heterocycles. The summed E-state index contributed by atoms with van der Waals surface area (Å²) in [5.41, 5.74) is 0.707. The van der Waals surface area contributed by atoms with Crippen LogP contribution in [-0.4, -0.2) is 32.2 Å². The first-order valence-corrected chi connectivity index (χ1v) is 7.80. The van der Waals surface area contributed by atoms with Crippen molar-refractivity contribution in [2.75, 3.05) is 0 Å². The van der Waals surface area contributed by atoms with E-state index in [1.807, 2.05) is 0 Å². The molecular formula is C17H36N2. The molecule has 2 heteroatoms. The number of hydrazine groups is 1. The molecule has 1 fully saturated rings. The third-order valence-electron chi connectivity index (χ3n) is 4.19. The van der Waals surface area contributed by atoms with Gasteiger partial charge >= 0.3 is 0 Å². The van der Waals surface area contributed by atoms with Crippen LogP contribution in [0.25, 0.3) is 0 Å². The van der Waals surface area contributed by atoms with E-state index < -0.39 is 0 Å². The average molecular weight is 268 g/mol. The zero-order valence-electron chi connectivity index (χ0n) is 15.0. The lowest BCUT2D eigenvalue weighted by atomic mass is 9.80. The SMILES string of the molecule is CC(C)(C)N(N1C(C)(C)CCCC1(C)C)C(C)(C)C. The second-order valence-corrected chi connectivity index (χ2v) is 9.44. The molecule has 1 rings (SSSR count). The third-order valence-corrected chi connectivity index (χ3v) is 4.19. The number of nitrogens with zero attached hydrogens (tertiary/aromatic N) is 2. The van der Waals surface area contributed by atoms with Gasteiger partial charge in [0.25, 0.3) is 0 Å². The standard InChI is InChI=1S/C17H36N2/c1-14(2,3)18(15(4,5)6)19-16(7,8)12-11-13-17(19,9)10/h11-13H2,1-10H3. The maximum Gasteiger partial charge on any atom is 0.0306 e. The summed E-state index contributed by atoms with van der Waals surface area (Å²) >= 11 is 0. The lowest BCUT2D eigenvalue weighted by Gasteiger charge is -2.64. The lowest BCUT2D eigenvalue weighted by molar-refractivity contribution is -0.253. The summed E-state index contributed by atoms with van der Waals surface area (Å²) in [6.07, 6.45) is 3.89. The van der Waals surface area contributed by atoms with Crippen molar-refractivity contribution in [3.8, 4) is 0 Å². The largest absolute Gasteiger partial charge is 0.230 e. The summed E-state index contributed by atoms with van der Waals surface area (Å²) in [5, 5.41) is 5.31. The topological polar surface area (TPSA) is 6.48 Å². The normalized spacial score (nSPS) is 24.8. The van der Waals surface area contributed by atoms with Gasteiger partial charge in [0.15, 0.2) is 0 Å². The summed E-state index contributed by atoms with van der Waals surface area (Å²) in [4.78, 5) is 0. The van der Waals surface area contributed by atoms with Crippen LogP contribution in [0.2, 0.25) is 0 Å². The monoisotopic (exact) mass is 268 g/mol. The van der Waals surface area contributed by atoms with Crippen LogP contribution in [0.3, 0.4) is 0 Å². The first-order valence-electron chi connectivity index (χ1n) is 7.80. The molecule has 0 amide bonds. The molecule has 0 radical (unpaired) electrons. The van der Waals surface area contributed by atoms with Crippen LogP contribution in [0.5, 0.6) is 0 Å². The summed E-state index contributed by atoms with van der Waals surface area (Å²) in [6, 6.07) is 0. The molecule has 1 saturated heterocycles. The van der Waals surface area contributed by atoms with E-state index in [4.69, 9.17) is 0 Å². The molecule has 0 unspecified atom stereocenters. The molecule has 19 heavy (non-hydrogen) atoms. The molecule has 0 aromatic heterocycles. The fourth-order valence-corrected chi connectivity index (χ4v) is 4.13. The smallest absolute Gasteiger partial charge is 0.0306 e. The van der Waals surface area contributed by atoms with E-state index in [1.165, 1.54) is 19.3 Å². The number of piperidine rings is 1. The van der Waals surface area contributed by atoms with Crippen LogP contribution in [0.15, 0.2) is 0 Å². The Morgan fingerprint density at radius 3 is 1.32 bits per heavy atom. The van der Waals surface area contributed by atoms with Crippen LogP contribution in [0.1, 0.15) is 88.5 Å². The van der Waals surface area contributed by atoms with Gasteiger partial charge in [0.2, 0.25) is 0 Å². The number of hydrogen-bond donors (Lipinski definition) is 0. The molecule has 1 aliphatic rings. The zero-order valence-corrected chi connectivity index (χ0v) is 15.0. The van der Waals surface area contributed by atoms with Crippen LogP contribution in [-0.2, 0) is 0 Å². The Labute approximate surface area is 121 Å². The van der Waals surface area contributed by atoms with E-state index in [2.05, 4.69) is 79.3 Å². The van der Waals surface area contributed by atoms with E-state index >= 15 is 0 Å². The highest BCUT2D eigenvalue weighted by atomic mass is 15.7. The Hall–Kier alpha value is -0.0800. The molecule has 0 N–H and O–H groups in total. The second kappa shape index (κ2) is 4.73. The van der Waals surface area contributed by atoms with Crippen molar-refractivity contribution in [1.29, 1.82) is 0 Å². The summed E-state index contributed by atoms with van der Waals surface area (Å²) in [6.45, 7) is 23.6. The lowest BCUT2D eigenvalue weighted by Crippen LogP contribution is -2.73. The molecule has 0 spiro atoms. The Balaban J connectivity index is 3.33. The highest BCUT2D eigenvalue weighted by molar-refractivity contribution is 5.00. The quantitative estimate of drug-likeness (QED) is 0.671. The van der Waals surface area contributed by atoms with Gasteiger partial charge in [-0.15, -0.1) is 0 Å². The molecule has 0 saturated carbocycles. The summed E-state index contributed by atoms with van der Waals surface area (Å²) in [5.74, 6) is 0. The van der Waals surface area contributed by atoms with E-state index in [9.17, 15) is 0 Å². The van der Waals surface area contributed by atoms with Crippen LogP contribution >= 0.6 is 0 Å². The van der Waals surface area contributed by atoms with Gasteiger partial charge in [-0.05, 0) is 88.5 Å². The van der Waals surface area contributed by atoms with E-state index in [0.29, 0.717) is 0 Å². The molecular weight excluding hydrogens is 232 g/mol. The number of hydrogen-bond acceptors (Lipinski definition) is 2. The average Bonchev–Trinajstić information content (AvgIpc) is 2.06. The molecule has 114 valence electrons. The van der Waals surface area contributed by atoms with Crippen molar-refractivity contribution in [1.82, 2.24) is 10.0 Å². The molecule has 0 aromatic carbocycles. The van der Waals surface area contributed by atoms with Crippen LogP contribution in [0.4, 0.5) is 0 Å². The van der Waals surface area contributed by atoms with E-state index in [1.54, 1.807) is 0 Å². The Bertz CT molecular complexity index is 285. The Kier molecular flexibility index (Phi) is 4.23. The zero-order chi connectivity index (χ0) is 15.3. The van der Waals surface area contributed by atoms with Gasteiger partial charge in [-0.1, -0.05) is 0 Å². The predicted molar refractivity (Wildman–Crippen MR) is 85.2 cm³/mol. The van der Waals surface area contributed by atoms with Gasteiger partial charge in [0.1, 0.15) is 0 Å². The molecule has 2 nitrogen and oxygen atoms in total. The summed E-state index contributed by atoms with van der Waals surface area (Å²) < 4.78 is 0. The fourth-order valence-electron chi connectivity index (χ4n) is 4.13. The van der Waals surface area contributed by atoms with E-state index in [-0.39, 0.29) is 22.2 Å². The van der Waals surface area contributed by atoms with Crippen LogP contribution in [0, 0.1) is 0 Å². The van der Waals surface area contributed by atoms with Crippen molar-refractivity contribution in [2.45, 2.75) is 111 Å². The van der Waals surface area contributed by atoms with Gasteiger partial charge in [0.05, 0.1) is 0 Å². The highest BCUT2D eigenvalue weighted by Crippen LogP contribution is 2.44. The van der Waals surface area contributed by atoms with Gasteiger partial charge in [-0.3, -0.25) is 0 Å². The Morgan fingerprint density at radius 2 is 1.05 bits per heavy atom. The van der Waals surface area contributed by atoms with Gasteiger partial charge in [-0.2, -0.15) is 0 Å². The molecule has 0 aliphatic carbocycles. The first-order chi connectivity index (χ1) is 8.20. The van der Waals surface area contributed by atoms with Crippen LogP contribution < -0.4 is 0 Å². The van der Waals surface area contributed by atoms with E-state index in [0.717, 1.165) is 0 Å². The molecule has 0 bridgehead atoms. The van der Waals surface area contributed by atoms with Crippen molar-refractivity contribution in [2.24, 2.45) is 0 Å². The number of rotatable bonds is 1. The van der Waals surface area contributed by atoms with Gasteiger partial charge in [0, 0.05) is 22.2 Å². The third kappa shape index (κ3) is 3.52. The maximum absolute atomic E-state index is 2.68. The first kappa shape index (κ1) is 17.0. The Morgan fingerprint density at radius 1 is 0.737 bits per heavy atom. The second-order valence-electron chi connectivity index (χ2n) is 9.44. The maximum atomic E-state index is 2.68. The predicted octanol–water partition coefficient (Wildman–Crippen LogP) is 4.84. The highest BCUT2D eigenvalue weighted by Gasteiger charge is 2.50. The fraction of sp³-hybridized carbons (Fsp3) is 1.00. The minimum absolute atomic E-state index is 0.129. The summed E-state index contributed by atoms with van der Waals surface area (Å²) in [7, 11) is 0. The van der Waals surface area contributed by atoms with Crippen molar-refractivity contribution in [3.05, 3.63) is 0 Å². The minimum Gasteiger partial charge on any atom is -0.230 e. The van der Waals surface area contributed by atoms with Crippen molar-refractivity contribution >= 4 is 0 Å². The van der Waals surface area contributed by atoms with Gasteiger partial charge in [-0.25, -0.2) is 10.0 Å². The molecule has 0 atom stereocenters. The molecule has 1 aliphatic heterocycles. The van der Waals surface area contributed by atoms with Crippen molar-refractivity contribution in [3.63, 3.8) is 0 Å². The van der Waals surface area contributed by atoms with Gasteiger partial charge < -0.3 is 0 Å². The molecule has 0 aromatic rings. The van der Waals surface area contributed by atoms with Crippen molar-refractivity contribution < 1.29 is 0 Å².